The topological polar surface area (TPSA) is 0 Å². The lowest BCUT2D eigenvalue weighted by Crippen LogP contribution is -1.91. The molecular formula is C11H13Cl. The Hall–Kier alpha value is -0.490. The molecule has 1 aliphatic carbocycles. The van der Waals surface area contributed by atoms with Crippen molar-refractivity contribution >= 4 is 11.6 Å². The maximum absolute atomic E-state index is 6.26. The van der Waals surface area contributed by atoms with E-state index in [1.807, 2.05) is 0 Å². The van der Waals surface area contributed by atoms with Crippen molar-refractivity contribution in [1.29, 1.82) is 0 Å². The molecule has 0 aromatic heterocycles. The molecule has 0 bridgehead atoms. The van der Waals surface area contributed by atoms with E-state index >= 15 is 0 Å². The van der Waals surface area contributed by atoms with E-state index < -0.39 is 0 Å². The van der Waals surface area contributed by atoms with Crippen molar-refractivity contribution in [2.75, 3.05) is 0 Å². The molecule has 1 aromatic rings. The molecule has 2 rings (SSSR count). The van der Waals surface area contributed by atoms with E-state index in [1.54, 1.807) is 0 Å². The maximum atomic E-state index is 6.26. The number of aryl methyl sites for hydroxylation is 1. The van der Waals surface area contributed by atoms with Gasteiger partial charge in [0.2, 0.25) is 0 Å². The molecule has 12 heavy (non-hydrogen) atoms. The van der Waals surface area contributed by atoms with Crippen LogP contribution in [0.25, 0.3) is 0 Å². The lowest BCUT2D eigenvalue weighted by atomic mass is 10.1. The van der Waals surface area contributed by atoms with Crippen molar-refractivity contribution in [2.45, 2.75) is 25.1 Å². The van der Waals surface area contributed by atoms with Crippen LogP contribution in [0.1, 0.15) is 29.3 Å². The highest BCUT2D eigenvalue weighted by atomic mass is 35.5. The van der Waals surface area contributed by atoms with E-state index in [1.165, 1.54) is 24.0 Å². The van der Waals surface area contributed by atoms with Crippen molar-refractivity contribution in [3.8, 4) is 0 Å². The molecule has 0 N–H and O–H groups in total. The number of hydrogen-bond acceptors (Lipinski definition) is 0. The lowest BCUT2D eigenvalue weighted by Gasteiger charge is -2.07. The first-order chi connectivity index (χ1) is 5.77. The largest absolute Gasteiger partial charge is 0.118 e. The SMILES string of the molecule is Cc1ccc(C(Cl)C2CC2)cc1. The summed E-state index contributed by atoms with van der Waals surface area (Å²) in [4.78, 5) is 0. The molecule has 0 heterocycles. The van der Waals surface area contributed by atoms with Crippen LogP contribution in [0.4, 0.5) is 0 Å². The molecule has 1 saturated carbocycles. The average molecular weight is 181 g/mol. The zero-order valence-corrected chi connectivity index (χ0v) is 8.01. The van der Waals surface area contributed by atoms with Gasteiger partial charge in [0.15, 0.2) is 0 Å². The Morgan fingerprint density at radius 2 is 1.83 bits per heavy atom. The van der Waals surface area contributed by atoms with Gasteiger partial charge in [-0.1, -0.05) is 29.8 Å². The highest BCUT2D eigenvalue weighted by Gasteiger charge is 2.30. The van der Waals surface area contributed by atoms with Crippen LogP contribution in [0.5, 0.6) is 0 Å². The molecule has 0 amide bonds. The van der Waals surface area contributed by atoms with Gasteiger partial charge >= 0.3 is 0 Å². The Bertz CT molecular complexity index is 259. The van der Waals surface area contributed by atoms with Crippen molar-refractivity contribution in [3.63, 3.8) is 0 Å². The second-order valence-corrected chi connectivity index (χ2v) is 4.12. The highest BCUT2D eigenvalue weighted by Crippen LogP contribution is 2.44. The fourth-order valence-electron chi connectivity index (χ4n) is 1.41. The van der Waals surface area contributed by atoms with E-state index in [2.05, 4.69) is 31.2 Å². The van der Waals surface area contributed by atoms with Gasteiger partial charge in [0, 0.05) is 0 Å². The zero-order valence-electron chi connectivity index (χ0n) is 7.26. The molecule has 1 unspecified atom stereocenters. The third-order valence-corrected chi connectivity index (χ3v) is 3.04. The van der Waals surface area contributed by atoms with E-state index in [-0.39, 0.29) is 5.38 Å². The predicted molar refractivity (Wildman–Crippen MR) is 52.5 cm³/mol. The Labute approximate surface area is 78.6 Å². The fraction of sp³-hybridized carbons (Fsp3) is 0.455. The van der Waals surface area contributed by atoms with E-state index in [9.17, 15) is 0 Å². The first-order valence-corrected chi connectivity index (χ1v) is 4.91. The Morgan fingerprint density at radius 3 is 2.33 bits per heavy atom. The summed E-state index contributed by atoms with van der Waals surface area (Å²) in [5, 5.41) is 0.255. The number of hydrogen-bond donors (Lipinski definition) is 0. The lowest BCUT2D eigenvalue weighted by molar-refractivity contribution is 0.797. The highest BCUT2D eigenvalue weighted by molar-refractivity contribution is 6.21. The van der Waals surface area contributed by atoms with Gasteiger partial charge in [-0.3, -0.25) is 0 Å². The molecule has 0 saturated heterocycles. The van der Waals surface area contributed by atoms with Crippen LogP contribution < -0.4 is 0 Å². The number of halogens is 1. The van der Waals surface area contributed by atoms with Crippen molar-refractivity contribution in [1.82, 2.24) is 0 Å². The first kappa shape index (κ1) is 8.12. The Morgan fingerprint density at radius 1 is 1.25 bits per heavy atom. The molecular weight excluding hydrogens is 168 g/mol. The van der Waals surface area contributed by atoms with E-state index in [0.717, 1.165) is 5.92 Å². The minimum atomic E-state index is 0.255. The van der Waals surface area contributed by atoms with E-state index in [4.69, 9.17) is 11.6 Å². The molecule has 0 nitrogen and oxygen atoms in total. The third kappa shape index (κ3) is 1.64. The van der Waals surface area contributed by atoms with Gasteiger partial charge in [0.1, 0.15) is 0 Å². The monoisotopic (exact) mass is 180 g/mol. The molecule has 0 spiro atoms. The second kappa shape index (κ2) is 3.10. The first-order valence-electron chi connectivity index (χ1n) is 4.48. The van der Waals surface area contributed by atoms with Crippen LogP contribution in [0.15, 0.2) is 24.3 Å². The summed E-state index contributed by atoms with van der Waals surface area (Å²) in [5.41, 5.74) is 2.59. The predicted octanol–water partition coefficient (Wildman–Crippen LogP) is 3.68. The third-order valence-electron chi connectivity index (χ3n) is 2.43. The van der Waals surface area contributed by atoms with Crippen LogP contribution in [0.2, 0.25) is 0 Å². The standard InChI is InChI=1S/C11H13Cl/c1-8-2-4-9(5-3-8)11(12)10-6-7-10/h2-5,10-11H,6-7H2,1H3. The average Bonchev–Trinajstić information content (AvgIpc) is 2.87. The van der Waals surface area contributed by atoms with Crippen LogP contribution in [-0.4, -0.2) is 0 Å². The summed E-state index contributed by atoms with van der Waals surface area (Å²) in [6.07, 6.45) is 2.62. The van der Waals surface area contributed by atoms with Gasteiger partial charge in [0.25, 0.3) is 0 Å². The summed E-state index contributed by atoms with van der Waals surface area (Å²) in [6.45, 7) is 2.10. The fourth-order valence-corrected chi connectivity index (χ4v) is 1.81. The minimum absolute atomic E-state index is 0.255. The molecule has 1 heteroatoms. The van der Waals surface area contributed by atoms with Gasteiger partial charge < -0.3 is 0 Å². The molecule has 0 radical (unpaired) electrons. The van der Waals surface area contributed by atoms with Gasteiger partial charge in [-0.2, -0.15) is 0 Å². The summed E-state index contributed by atoms with van der Waals surface area (Å²) in [6, 6.07) is 8.55. The molecule has 0 aliphatic heterocycles. The van der Waals surface area contributed by atoms with Crippen molar-refractivity contribution in [3.05, 3.63) is 35.4 Å². The van der Waals surface area contributed by atoms with Crippen LogP contribution in [0.3, 0.4) is 0 Å². The van der Waals surface area contributed by atoms with Crippen LogP contribution >= 0.6 is 11.6 Å². The Balaban J connectivity index is 2.16. The molecule has 1 aromatic carbocycles. The van der Waals surface area contributed by atoms with Crippen molar-refractivity contribution < 1.29 is 0 Å². The van der Waals surface area contributed by atoms with E-state index in [0.29, 0.717) is 0 Å². The van der Waals surface area contributed by atoms with Crippen molar-refractivity contribution in [2.24, 2.45) is 5.92 Å². The van der Waals surface area contributed by atoms with Gasteiger partial charge in [-0.25, -0.2) is 0 Å². The van der Waals surface area contributed by atoms with Gasteiger partial charge in [-0.05, 0) is 31.2 Å². The molecule has 64 valence electrons. The number of alkyl halides is 1. The smallest absolute Gasteiger partial charge is 0.0613 e. The normalized spacial score (nSPS) is 19.2. The quantitative estimate of drug-likeness (QED) is 0.609. The minimum Gasteiger partial charge on any atom is -0.118 e. The van der Waals surface area contributed by atoms with Gasteiger partial charge in [-0.15, -0.1) is 11.6 Å². The number of benzene rings is 1. The number of rotatable bonds is 2. The molecule has 1 fully saturated rings. The molecule has 1 atom stereocenters. The zero-order chi connectivity index (χ0) is 8.55. The van der Waals surface area contributed by atoms with Crippen LogP contribution in [-0.2, 0) is 0 Å². The molecule has 1 aliphatic rings. The summed E-state index contributed by atoms with van der Waals surface area (Å²) < 4.78 is 0. The summed E-state index contributed by atoms with van der Waals surface area (Å²) in [7, 11) is 0. The maximum Gasteiger partial charge on any atom is 0.0613 e. The van der Waals surface area contributed by atoms with Gasteiger partial charge in [0.05, 0.1) is 5.38 Å². The summed E-state index contributed by atoms with van der Waals surface area (Å²) >= 11 is 6.26. The second-order valence-electron chi connectivity index (χ2n) is 3.65. The summed E-state index contributed by atoms with van der Waals surface area (Å²) in [5.74, 6) is 0.745. The van der Waals surface area contributed by atoms with Crippen LogP contribution in [0, 0.1) is 12.8 Å². The Kier molecular flexibility index (Phi) is 2.10.